The lowest BCUT2D eigenvalue weighted by molar-refractivity contribution is -0.0270. The zero-order valence-electron chi connectivity index (χ0n) is 9.09. The first-order valence-electron chi connectivity index (χ1n) is 5.44. The molecule has 82 valence electrons. The van der Waals surface area contributed by atoms with Crippen LogP contribution in [0, 0.1) is 0 Å². The molecule has 1 heterocycles. The molecule has 2 unspecified atom stereocenters. The van der Waals surface area contributed by atoms with Crippen LogP contribution in [0.1, 0.15) is 26.2 Å². The van der Waals surface area contributed by atoms with E-state index in [2.05, 4.69) is 18.8 Å². The Hall–Kier alpha value is -0.380. The third kappa shape index (κ3) is 2.80. The second kappa shape index (κ2) is 5.49. The van der Waals surface area contributed by atoms with Gasteiger partial charge in [0.25, 0.3) is 0 Å². The van der Waals surface area contributed by atoms with E-state index in [4.69, 9.17) is 10.5 Å². The molecule has 3 nitrogen and oxygen atoms in total. The number of hydrogen-bond donors (Lipinski definition) is 2. The van der Waals surface area contributed by atoms with Gasteiger partial charge in [0.05, 0.1) is 6.10 Å². The van der Waals surface area contributed by atoms with Crippen LogP contribution in [-0.4, -0.2) is 31.3 Å². The average Bonchev–Trinajstić information content (AvgIpc) is 2.26. The van der Waals surface area contributed by atoms with Gasteiger partial charge in [0.1, 0.15) is 0 Å². The van der Waals surface area contributed by atoms with Crippen molar-refractivity contribution in [1.29, 1.82) is 0 Å². The molecule has 0 aromatic rings. The molecular weight excluding hydrogens is 176 g/mol. The SMILES string of the molecule is C=CCNC1(CN)CCOC(CC)C1. The van der Waals surface area contributed by atoms with Gasteiger partial charge in [0, 0.05) is 25.2 Å². The quantitative estimate of drug-likeness (QED) is 0.649. The minimum Gasteiger partial charge on any atom is -0.378 e. The van der Waals surface area contributed by atoms with Gasteiger partial charge in [-0.3, -0.25) is 0 Å². The van der Waals surface area contributed by atoms with Crippen LogP contribution in [0.4, 0.5) is 0 Å². The van der Waals surface area contributed by atoms with Gasteiger partial charge in [-0.2, -0.15) is 0 Å². The molecule has 0 spiro atoms. The van der Waals surface area contributed by atoms with Crippen LogP contribution in [0.15, 0.2) is 12.7 Å². The van der Waals surface area contributed by atoms with Gasteiger partial charge in [-0.1, -0.05) is 13.0 Å². The van der Waals surface area contributed by atoms with Gasteiger partial charge < -0.3 is 15.8 Å². The fourth-order valence-corrected chi connectivity index (χ4v) is 1.99. The van der Waals surface area contributed by atoms with Gasteiger partial charge >= 0.3 is 0 Å². The van der Waals surface area contributed by atoms with Crippen LogP contribution in [0.3, 0.4) is 0 Å². The Balaban J connectivity index is 2.53. The monoisotopic (exact) mass is 198 g/mol. The van der Waals surface area contributed by atoms with Gasteiger partial charge in [0.2, 0.25) is 0 Å². The Morgan fingerprint density at radius 1 is 1.71 bits per heavy atom. The summed E-state index contributed by atoms with van der Waals surface area (Å²) in [7, 11) is 0. The van der Waals surface area contributed by atoms with Crippen molar-refractivity contribution in [2.75, 3.05) is 19.7 Å². The van der Waals surface area contributed by atoms with Crippen LogP contribution >= 0.6 is 0 Å². The van der Waals surface area contributed by atoms with Crippen molar-refractivity contribution in [3.8, 4) is 0 Å². The summed E-state index contributed by atoms with van der Waals surface area (Å²) in [5.41, 5.74) is 5.92. The lowest BCUT2D eigenvalue weighted by atomic mass is 9.86. The fourth-order valence-electron chi connectivity index (χ4n) is 1.99. The van der Waals surface area contributed by atoms with Crippen LogP contribution in [0.25, 0.3) is 0 Å². The summed E-state index contributed by atoms with van der Waals surface area (Å²) in [5, 5.41) is 3.48. The van der Waals surface area contributed by atoms with E-state index in [9.17, 15) is 0 Å². The number of nitrogens with one attached hydrogen (secondary N) is 1. The Bertz CT molecular complexity index is 184. The van der Waals surface area contributed by atoms with Crippen LogP contribution in [0.2, 0.25) is 0 Å². The molecule has 1 fully saturated rings. The maximum atomic E-state index is 5.84. The van der Waals surface area contributed by atoms with Crippen molar-refractivity contribution >= 4 is 0 Å². The van der Waals surface area contributed by atoms with Crippen LogP contribution < -0.4 is 11.1 Å². The second-order valence-corrected chi connectivity index (χ2v) is 4.01. The summed E-state index contributed by atoms with van der Waals surface area (Å²) in [4.78, 5) is 0. The molecule has 0 aromatic carbocycles. The topological polar surface area (TPSA) is 47.3 Å². The molecule has 1 aliphatic rings. The normalized spacial score (nSPS) is 32.9. The van der Waals surface area contributed by atoms with Crippen molar-refractivity contribution in [2.24, 2.45) is 5.73 Å². The summed E-state index contributed by atoms with van der Waals surface area (Å²) in [6.07, 6.45) is 5.34. The Labute approximate surface area is 86.7 Å². The summed E-state index contributed by atoms with van der Waals surface area (Å²) in [5.74, 6) is 0. The molecule has 0 amide bonds. The van der Waals surface area contributed by atoms with Crippen LogP contribution in [0.5, 0.6) is 0 Å². The third-order valence-electron chi connectivity index (χ3n) is 3.02. The van der Waals surface area contributed by atoms with Gasteiger partial charge in [0.15, 0.2) is 0 Å². The summed E-state index contributed by atoms with van der Waals surface area (Å²) in [6.45, 7) is 8.20. The maximum Gasteiger partial charge on any atom is 0.0590 e. The van der Waals surface area contributed by atoms with Gasteiger partial charge in [-0.25, -0.2) is 0 Å². The first-order valence-corrected chi connectivity index (χ1v) is 5.44. The number of hydrogen-bond acceptors (Lipinski definition) is 3. The molecule has 3 heteroatoms. The second-order valence-electron chi connectivity index (χ2n) is 4.01. The molecule has 0 bridgehead atoms. The van der Waals surface area contributed by atoms with Crippen molar-refractivity contribution in [3.05, 3.63) is 12.7 Å². The van der Waals surface area contributed by atoms with E-state index in [-0.39, 0.29) is 5.54 Å². The van der Waals surface area contributed by atoms with Gasteiger partial charge in [-0.05, 0) is 19.3 Å². The molecule has 3 N–H and O–H groups in total. The molecule has 1 saturated heterocycles. The number of nitrogens with two attached hydrogens (primary N) is 1. The van der Waals surface area contributed by atoms with Crippen molar-refractivity contribution < 1.29 is 4.74 Å². The highest BCUT2D eigenvalue weighted by molar-refractivity contribution is 4.95. The summed E-state index contributed by atoms with van der Waals surface area (Å²) < 4.78 is 5.64. The molecular formula is C11H22N2O. The summed E-state index contributed by atoms with van der Waals surface area (Å²) in [6, 6.07) is 0. The first kappa shape index (κ1) is 11.7. The first-order chi connectivity index (χ1) is 6.76. The van der Waals surface area contributed by atoms with E-state index in [1.54, 1.807) is 0 Å². The van der Waals surface area contributed by atoms with E-state index in [1.165, 1.54) is 0 Å². The highest BCUT2D eigenvalue weighted by atomic mass is 16.5. The molecule has 0 aromatic heterocycles. The lowest BCUT2D eigenvalue weighted by Crippen LogP contribution is -2.56. The highest BCUT2D eigenvalue weighted by Crippen LogP contribution is 2.25. The van der Waals surface area contributed by atoms with Crippen LogP contribution in [-0.2, 0) is 4.74 Å². The zero-order valence-corrected chi connectivity index (χ0v) is 9.09. The van der Waals surface area contributed by atoms with Crippen molar-refractivity contribution in [3.63, 3.8) is 0 Å². The molecule has 0 radical (unpaired) electrons. The lowest BCUT2D eigenvalue weighted by Gasteiger charge is -2.40. The maximum absolute atomic E-state index is 5.84. The number of rotatable bonds is 5. The van der Waals surface area contributed by atoms with Crippen molar-refractivity contribution in [2.45, 2.75) is 37.8 Å². The predicted octanol–water partition coefficient (Wildman–Crippen LogP) is 1.05. The molecule has 0 saturated carbocycles. The zero-order chi connectivity index (χ0) is 10.4. The minimum absolute atomic E-state index is 0.0765. The predicted molar refractivity (Wildman–Crippen MR) is 59.3 cm³/mol. The standard InChI is InChI=1S/C11H22N2O/c1-3-6-13-11(9-12)5-7-14-10(4-2)8-11/h3,10,13H,1,4-9,12H2,2H3. The Morgan fingerprint density at radius 3 is 3.07 bits per heavy atom. The molecule has 1 rings (SSSR count). The van der Waals surface area contributed by atoms with E-state index >= 15 is 0 Å². The number of ether oxygens (including phenoxy) is 1. The van der Waals surface area contributed by atoms with E-state index in [0.29, 0.717) is 12.6 Å². The summed E-state index contributed by atoms with van der Waals surface area (Å²) >= 11 is 0. The van der Waals surface area contributed by atoms with E-state index in [0.717, 1.165) is 32.4 Å². The largest absolute Gasteiger partial charge is 0.378 e. The van der Waals surface area contributed by atoms with E-state index < -0.39 is 0 Å². The Morgan fingerprint density at radius 2 is 2.50 bits per heavy atom. The molecule has 2 atom stereocenters. The average molecular weight is 198 g/mol. The molecule has 14 heavy (non-hydrogen) atoms. The minimum atomic E-state index is 0.0765. The van der Waals surface area contributed by atoms with Gasteiger partial charge in [-0.15, -0.1) is 6.58 Å². The highest BCUT2D eigenvalue weighted by Gasteiger charge is 2.34. The molecule has 0 aliphatic carbocycles. The van der Waals surface area contributed by atoms with Crippen molar-refractivity contribution in [1.82, 2.24) is 5.32 Å². The molecule has 1 aliphatic heterocycles. The fraction of sp³-hybridized carbons (Fsp3) is 0.818. The Kier molecular flexibility index (Phi) is 4.58. The third-order valence-corrected chi connectivity index (χ3v) is 3.02. The smallest absolute Gasteiger partial charge is 0.0590 e. The van der Waals surface area contributed by atoms with E-state index in [1.807, 2.05) is 6.08 Å².